The van der Waals surface area contributed by atoms with Gasteiger partial charge in [0.15, 0.2) is 5.11 Å². The average Bonchev–Trinajstić information content (AvgIpc) is 2.22. The first kappa shape index (κ1) is 12.6. The van der Waals surface area contributed by atoms with E-state index in [0.717, 1.165) is 32.7 Å². The molecule has 0 amide bonds. The van der Waals surface area contributed by atoms with Gasteiger partial charge in [-0.15, -0.1) is 0 Å². The van der Waals surface area contributed by atoms with Crippen molar-refractivity contribution in [2.45, 2.75) is 0 Å². The molecule has 6 heteroatoms. The number of nitrogens with one attached hydrogen (secondary N) is 2. The number of piperazine rings is 1. The summed E-state index contributed by atoms with van der Waals surface area (Å²) in [5.74, 6) is 0. The van der Waals surface area contributed by atoms with Crippen molar-refractivity contribution < 1.29 is 4.74 Å². The first-order valence-electron chi connectivity index (χ1n) is 5.19. The lowest BCUT2D eigenvalue weighted by molar-refractivity contribution is 0.130. The van der Waals surface area contributed by atoms with Crippen molar-refractivity contribution in [3.05, 3.63) is 0 Å². The van der Waals surface area contributed by atoms with Gasteiger partial charge in [0.05, 0.1) is 6.61 Å². The Morgan fingerprint density at radius 3 is 2.60 bits per heavy atom. The maximum Gasteiger partial charge on any atom is 0.181 e. The van der Waals surface area contributed by atoms with E-state index < -0.39 is 0 Å². The molecule has 1 fully saturated rings. The van der Waals surface area contributed by atoms with Crippen molar-refractivity contribution in [1.82, 2.24) is 20.7 Å². The largest absolute Gasteiger partial charge is 0.383 e. The van der Waals surface area contributed by atoms with Crippen molar-refractivity contribution in [3.63, 3.8) is 0 Å². The molecule has 0 aliphatic carbocycles. The van der Waals surface area contributed by atoms with Gasteiger partial charge in [-0.2, -0.15) is 0 Å². The summed E-state index contributed by atoms with van der Waals surface area (Å²) in [4.78, 5) is 2.31. The van der Waals surface area contributed by atoms with Crippen LogP contribution in [-0.2, 0) is 4.74 Å². The van der Waals surface area contributed by atoms with Gasteiger partial charge in [0.1, 0.15) is 0 Å². The summed E-state index contributed by atoms with van der Waals surface area (Å²) >= 11 is 5.14. The summed E-state index contributed by atoms with van der Waals surface area (Å²) in [6.45, 7) is 5.58. The van der Waals surface area contributed by atoms with Crippen molar-refractivity contribution in [1.29, 1.82) is 0 Å². The van der Waals surface area contributed by atoms with Crippen LogP contribution in [0, 0.1) is 0 Å². The molecular weight excluding hydrogens is 212 g/mol. The van der Waals surface area contributed by atoms with E-state index in [1.807, 2.05) is 0 Å². The molecule has 0 aromatic rings. The van der Waals surface area contributed by atoms with E-state index in [4.69, 9.17) is 17.0 Å². The summed E-state index contributed by atoms with van der Waals surface area (Å²) in [6, 6.07) is 0. The van der Waals surface area contributed by atoms with Crippen LogP contribution in [-0.4, -0.2) is 68.5 Å². The van der Waals surface area contributed by atoms with Crippen LogP contribution in [0.3, 0.4) is 0 Å². The van der Waals surface area contributed by atoms with Gasteiger partial charge in [-0.3, -0.25) is 5.43 Å². The monoisotopic (exact) mass is 232 g/mol. The minimum atomic E-state index is 0.671. The highest BCUT2D eigenvalue weighted by molar-refractivity contribution is 7.80. The SMILES string of the molecule is COCCNC(=S)NN1CCN(C)CC1. The van der Waals surface area contributed by atoms with Crippen LogP contribution >= 0.6 is 12.2 Å². The van der Waals surface area contributed by atoms with E-state index in [2.05, 4.69) is 27.7 Å². The van der Waals surface area contributed by atoms with Gasteiger partial charge < -0.3 is 15.0 Å². The smallest absolute Gasteiger partial charge is 0.181 e. The average molecular weight is 232 g/mol. The summed E-state index contributed by atoms with van der Waals surface area (Å²) in [5, 5.41) is 5.90. The second-order valence-electron chi connectivity index (χ2n) is 3.65. The molecule has 15 heavy (non-hydrogen) atoms. The molecular formula is C9H20N4OS. The van der Waals surface area contributed by atoms with E-state index in [-0.39, 0.29) is 0 Å². The van der Waals surface area contributed by atoms with Crippen molar-refractivity contribution in [2.75, 3.05) is 53.5 Å². The first-order chi connectivity index (χ1) is 7.22. The zero-order valence-electron chi connectivity index (χ0n) is 9.45. The maximum absolute atomic E-state index is 5.14. The highest BCUT2D eigenvalue weighted by Crippen LogP contribution is 1.94. The Bertz CT molecular complexity index is 195. The molecule has 1 saturated heterocycles. The Hall–Kier alpha value is -0.430. The summed E-state index contributed by atoms with van der Waals surface area (Å²) in [6.07, 6.45) is 0. The molecule has 0 spiro atoms. The zero-order chi connectivity index (χ0) is 11.1. The number of thiocarbonyl (C=S) groups is 1. The molecule has 1 heterocycles. The molecule has 0 unspecified atom stereocenters. The van der Waals surface area contributed by atoms with Crippen molar-refractivity contribution in [2.24, 2.45) is 0 Å². The third-order valence-corrected chi connectivity index (χ3v) is 2.59. The van der Waals surface area contributed by atoms with E-state index in [1.165, 1.54) is 0 Å². The molecule has 0 aromatic carbocycles. The van der Waals surface area contributed by atoms with Gasteiger partial charge in [-0.1, -0.05) is 0 Å². The Labute approximate surface area is 96.7 Å². The molecule has 5 nitrogen and oxygen atoms in total. The molecule has 0 radical (unpaired) electrons. The quantitative estimate of drug-likeness (QED) is 0.491. The van der Waals surface area contributed by atoms with Crippen LogP contribution in [0.25, 0.3) is 0 Å². The number of nitrogens with zero attached hydrogens (tertiary/aromatic N) is 2. The van der Waals surface area contributed by atoms with Gasteiger partial charge in [-0.05, 0) is 19.3 Å². The van der Waals surface area contributed by atoms with Gasteiger partial charge >= 0.3 is 0 Å². The predicted molar refractivity (Wildman–Crippen MR) is 64.7 cm³/mol. The summed E-state index contributed by atoms with van der Waals surface area (Å²) in [7, 11) is 3.81. The third-order valence-electron chi connectivity index (χ3n) is 2.35. The van der Waals surface area contributed by atoms with Gasteiger partial charge in [0.2, 0.25) is 0 Å². The maximum atomic E-state index is 5.14. The molecule has 1 aliphatic heterocycles. The number of methoxy groups -OCH3 is 1. The Morgan fingerprint density at radius 1 is 1.33 bits per heavy atom. The van der Waals surface area contributed by atoms with E-state index in [0.29, 0.717) is 11.7 Å². The first-order valence-corrected chi connectivity index (χ1v) is 5.60. The normalized spacial score (nSPS) is 18.8. The minimum Gasteiger partial charge on any atom is -0.383 e. The number of likely N-dealkylation sites (N-methyl/N-ethyl adjacent to an activating group) is 1. The van der Waals surface area contributed by atoms with E-state index >= 15 is 0 Å². The summed E-state index contributed by atoms with van der Waals surface area (Å²) in [5.41, 5.74) is 3.17. The van der Waals surface area contributed by atoms with Crippen molar-refractivity contribution in [3.8, 4) is 0 Å². The Balaban J connectivity index is 2.09. The van der Waals surface area contributed by atoms with Crippen molar-refractivity contribution >= 4 is 17.3 Å². The number of rotatable bonds is 4. The number of hydrazine groups is 1. The van der Waals surface area contributed by atoms with Crippen LogP contribution in [0.5, 0.6) is 0 Å². The lowest BCUT2D eigenvalue weighted by Gasteiger charge is -2.33. The lowest BCUT2D eigenvalue weighted by atomic mass is 10.4. The summed E-state index contributed by atoms with van der Waals surface area (Å²) < 4.78 is 4.93. The fourth-order valence-corrected chi connectivity index (χ4v) is 1.60. The molecule has 2 N–H and O–H groups in total. The predicted octanol–water partition coefficient (Wildman–Crippen LogP) is -0.741. The molecule has 0 saturated carbocycles. The minimum absolute atomic E-state index is 0.671. The number of hydrogen-bond donors (Lipinski definition) is 2. The molecule has 0 aromatic heterocycles. The number of ether oxygens (including phenoxy) is 1. The van der Waals surface area contributed by atoms with Gasteiger partial charge in [-0.25, -0.2) is 5.01 Å². The van der Waals surface area contributed by atoms with E-state index in [1.54, 1.807) is 7.11 Å². The Morgan fingerprint density at radius 2 is 2.00 bits per heavy atom. The van der Waals surface area contributed by atoms with Crippen LogP contribution in [0.15, 0.2) is 0 Å². The van der Waals surface area contributed by atoms with Crippen LogP contribution in [0.4, 0.5) is 0 Å². The van der Waals surface area contributed by atoms with Crippen LogP contribution in [0.2, 0.25) is 0 Å². The van der Waals surface area contributed by atoms with E-state index in [9.17, 15) is 0 Å². The second kappa shape index (κ2) is 6.95. The van der Waals surface area contributed by atoms with Gasteiger partial charge in [0, 0.05) is 39.8 Å². The standard InChI is InChI=1S/C9H20N4OS/c1-12-4-6-13(7-5-12)11-9(15)10-3-8-14-2/h3-8H2,1-2H3,(H2,10,11,15). The fraction of sp³-hybridized carbons (Fsp3) is 0.889. The zero-order valence-corrected chi connectivity index (χ0v) is 10.3. The highest BCUT2D eigenvalue weighted by Gasteiger charge is 2.13. The topological polar surface area (TPSA) is 39.8 Å². The molecule has 88 valence electrons. The lowest BCUT2D eigenvalue weighted by Crippen LogP contribution is -2.54. The fourth-order valence-electron chi connectivity index (χ4n) is 1.37. The number of hydrogen-bond acceptors (Lipinski definition) is 4. The Kier molecular flexibility index (Phi) is 5.85. The van der Waals surface area contributed by atoms with Crippen LogP contribution < -0.4 is 10.7 Å². The molecule has 0 atom stereocenters. The molecule has 1 rings (SSSR count). The molecule has 0 bridgehead atoms. The second-order valence-corrected chi connectivity index (χ2v) is 4.06. The van der Waals surface area contributed by atoms with Crippen LogP contribution in [0.1, 0.15) is 0 Å². The van der Waals surface area contributed by atoms with Gasteiger partial charge in [0.25, 0.3) is 0 Å². The third kappa shape index (κ3) is 5.27. The highest BCUT2D eigenvalue weighted by atomic mass is 32.1. The molecule has 1 aliphatic rings.